The van der Waals surface area contributed by atoms with Crippen molar-refractivity contribution in [3.63, 3.8) is 0 Å². The first-order valence-electron chi connectivity index (χ1n) is 14.5. The molecule has 2 aromatic heterocycles. The first-order valence-corrected chi connectivity index (χ1v) is 14.5. The summed E-state index contributed by atoms with van der Waals surface area (Å²) in [5, 5.41) is 4.90. The minimum Gasteiger partial charge on any atom is -0.457 e. The molecule has 0 fully saturated rings. The SMILES string of the molecule is CC1(C)c2cc3c(cc2Oc2cc4c5ccccc5n(-c5ccc(-c6ccccc6)cc5)c4cc21)[nH]c1ccccc13. The highest BCUT2D eigenvalue weighted by Gasteiger charge is 2.36. The van der Waals surface area contributed by atoms with Crippen molar-refractivity contribution in [1.29, 1.82) is 0 Å². The zero-order valence-corrected chi connectivity index (χ0v) is 23.5. The van der Waals surface area contributed by atoms with Crippen LogP contribution in [0.4, 0.5) is 0 Å². The lowest BCUT2D eigenvalue weighted by Crippen LogP contribution is -2.24. The van der Waals surface area contributed by atoms with Gasteiger partial charge in [-0.1, -0.05) is 92.7 Å². The highest BCUT2D eigenvalue weighted by molar-refractivity contribution is 6.11. The zero-order chi connectivity index (χ0) is 28.0. The molecule has 200 valence electrons. The van der Waals surface area contributed by atoms with Gasteiger partial charge in [0.15, 0.2) is 0 Å². The largest absolute Gasteiger partial charge is 0.457 e. The van der Waals surface area contributed by atoms with Crippen LogP contribution in [0.1, 0.15) is 25.0 Å². The lowest BCUT2D eigenvalue weighted by atomic mass is 9.75. The number of H-pyrrole nitrogens is 1. The van der Waals surface area contributed by atoms with E-state index in [0.29, 0.717) is 0 Å². The molecule has 0 bridgehead atoms. The Morgan fingerprint density at radius 3 is 2.02 bits per heavy atom. The Morgan fingerprint density at radius 1 is 0.524 bits per heavy atom. The second-order valence-corrected chi connectivity index (χ2v) is 11.9. The number of aromatic amines is 1. The number of benzene rings is 6. The second kappa shape index (κ2) is 8.37. The average molecular weight is 541 g/mol. The number of rotatable bonds is 2. The van der Waals surface area contributed by atoms with E-state index in [4.69, 9.17) is 4.74 Å². The molecule has 3 heterocycles. The van der Waals surface area contributed by atoms with Crippen LogP contribution < -0.4 is 4.74 Å². The maximum absolute atomic E-state index is 6.72. The number of hydrogen-bond donors (Lipinski definition) is 1. The van der Waals surface area contributed by atoms with Crippen LogP contribution in [0.15, 0.2) is 127 Å². The quantitative estimate of drug-likeness (QED) is 0.232. The molecule has 0 radical (unpaired) electrons. The first-order chi connectivity index (χ1) is 20.6. The number of ether oxygens (including phenoxy) is 1. The van der Waals surface area contributed by atoms with Crippen LogP contribution in [-0.2, 0) is 5.41 Å². The smallest absolute Gasteiger partial charge is 0.133 e. The lowest BCUT2D eigenvalue weighted by molar-refractivity contribution is 0.420. The van der Waals surface area contributed by atoms with Gasteiger partial charge in [-0.2, -0.15) is 0 Å². The number of aromatic nitrogens is 2. The van der Waals surface area contributed by atoms with Crippen LogP contribution in [0.5, 0.6) is 11.5 Å². The molecule has 0 saturated heterocycles. The molecular formula is C39H28N2O. The molecule has 0 saturated carbocycles. The Bertz CT molecular complexity index is 2340. The van der Waals surface area contributed by atoms with E-state index in [1.807, 2.05) is 0 Å². The van der Waals surface area contributed by atoms with E-state index in [2.05, 4.69) is 151 Å². The molecule has 3 nitrogen and oxygen atoms in total. The monoisotopic (exact) mass is 540 g/mol. The molecular weight excluding hydrogens is 512 g/mol. The Balaban J connectivity index is 1.26. The normalized spacial score (nSPS) is 13.9. The van der Waals surface area contributed by atoms with Crippen LogP contribution in [0, 0.1) is 0 Å². The van der Waals surface area contributed by atoms with E-state index in [9.17, 15) is 0 Å². The van der Waals surface area contributed by atoms with Gasteiger partial charge in [0.1, 0.15) is 11.5 Å². The van der Waals surface area contributed by atoms with Gasteiger partial charge in [0.2, 0.25) is 0 Å². The molecule has 1 aliphatic heterocycles. The summed E-state index contributed by atoms with van der Waals surface area (Å²) in [7, 11) is 0. The van der Waals surface area contributed by atoms with Gasteiger partial charge in [0, 0.05) is 55.4 Å². The number of hydrogen-bond acceptors (Lipinski definition) is 1. The fraction of sp³-hybridized carbons (Fsp3) is 0.0769. The summed E-state index contributed by atoms with van der Waals surface area (Å²) < 4.78 is 9.12. The number of nitrogens with zero attached hydrogens (tertiary/aromatic N) is 1. The van der Waals surface area contributed by atoms with Crippen molar-refractivity contribution in [3.8, 4) is 28.3 Å². The number of nitrogens with one attached hydrogen (secondary N) is 1. The molecule has 0 unspecified atom stereocenters. The van der Waals surface area contributed by atoms with Crippen LogP contribution >= 0.6 is 0 Å². The van der Waals surface area contributed by atoms with Gasteiger partial charge >= 0.3 is 0 Å². The van der Waals surface area contributed by atoms with Gasteiger partial charge in [-0.15, -0.1) is 0 Å². The third-order valence-electron chi connectivity index (χ3n) is 9.18. The van der Waals surface area contributed by atoms with Crippen LogP contribution in [0.25, 0.3) is 60.4 Å². The van der Waals surface area contributed by atoms with E-state index < -0.39 is 0 Å². The number of fused-ring (bicyclic) bond motifs is 8. The van der Waals surface area contributed by atoms with Crippen LogP contribution in [0.2, 0.25) is 0 Å². The zero-order valence-electron chi connectivity index (χ0n) is 23.5. The maximum atomic E-state index is 6.72. The minimum atomic E-state index is -0.248. The Kier molecular flexibility index (Phi) is 4.67. The fourth-order valence-electron chi connectivity index (χ4n) is 6.99. The third-order valence-corrected chi connectivity index (χ3v) is 9.18. The Hall–Kier alpha value is -5.28. The van der Waals surface area contributed by atoms with E-state index in [0.717, 1.165) is 28.2 Å². The predicted octanol–water partition coefficient (Wildman–Crippen LogP) is 10.5. The molecule has 42 heavy (non-hydrogen) atoms. The van der Waals surface area contributed by atoms with Gasteiger partial charge in [0.05, 0.1) is 16.6 Å². The van der Waals surface area contributed by atoms with Gasteiger partial charge in [-0.3, -0.25) is 0 Å². The van der Waals surface area contributed by atoms with E-state index in [1.165, 1.54) is 54.8 Å². The highest BCUT2D eigenvalue weighted by atomic mass is 16.5. The number of para-hydroxylation sites is 2. The van der Waals surface area contributed by atoms with E-state index >= 15 is 0 Å². The Labute approximate surface area is 243 Å². The van der Waals surface area contributed by atoms with Gasteiger partial charge in [-0.05, 0) is 53.6 Å². The van der Waals surface area contributed by atoms with Crippen molar-refractivity contribution in [3.05, 3.63) is 139 Å². The van der Waals surface area contributed by atoms with Crippen molar-refractivity contribution in [2.24, 2.45) is 0 Å². The maximum Gasteiger partial charge on any atom is 0.133 e. The lowest BCUT2D eigenvalue weighted by Gasteiger charge is -2.34. The van der Waals surface area contributed by atoms with Crippen molar-refractivity contribution >= 4 is 43.6 Å². The minimum absolute atomic E-state index is 0.248. The van der Waals surface area contributed by atoms with E-state index in [1.54, 1.807) is 0 Å². The van der Waals surface area contributed by atoms with Crippen molar-refractivity contribution in [2.45, 2.75) is 19.3 Å². The Morgan fingerprint density at radius 2 is 1.19 bits per heavy atom. The molecule has 9 rings (SSSR count). The molecule has 0 atom stereocenters. The summed E-state index contributed by atoms with van der Waals surface area (Å²) in [5.74, 6) is 1.85. The van der Waals surface area contributed by atoms with Crippen molar-refractivity contribution in [1.82, 2.24) is 9.55 Å². The summed E-state index contributed by atoms with van der Waals surface area (Å²) in [4.78, 5) is 3.59. The standard InChI is InChI=1S/C39H28N2O/c1-39(2)31-20-29-27-12-6-8-14-33(27)40-34(29)23-38(31)42-37-21-30-28-13-7-9-15-35(28)41(36(30)22-32(37)39)26-18-16-25(17-19-26)24-10-4-3-5-11-24/h3-23,40H,1-2H3. The average Bonchev–Trinajstić information content (AvgIpc) is 3.55. The molecule has 3 heteroatoms. The molecule has 1 aliphatic rings. The first kappa shape index (κ1) is 23.4. The van der Waals surface area contributed by atoms with Crippen LogP contribution in [0.3, 0.4) is 0 Å². The summed E-state index contributed by atoms with van der Waals surface area (Å²) in [6, 6.07) is 45.8. The molecule has 0 aliphatic carbocycles. The summed E-state index contributed by atoms with van der Waals surface area (Å²) in [6.45, 7) is 4.64. The molecule has 1 N–H and O–H groups in total. The van der Waals surface area contributed by atoms with Crippen molar-refractivity contribution in [2.75, 3.05) is 0 Å². The third kappa shape index (κ3) is 3.22. The van der Waals surface area contributed by atoms with Gasteiger partial charge in [0.25, 0.3) is 0 Å². The summed E-state index contributed by atoms with van der Waals surface area (Å²) >= 11 is 0. The predicted molar refractivity (Wildman–Crippen MR) is 174 cm³/mol. The molecule has 0 amide bonds. The van der Waals surface area contributed by atoms with E-state index in [-0.39, 0.29) is 5.41 Å². The summed E-state index contributed by atoms with van der Waals surface area (Å²) in [5.41, 5.74) is 10.4. The second-order valence-electron chi connectivity index (χ2n) is 11.9. The topological polar surface area (TPSA) is 29.9 Å². The molecule has 8 aromatic rings. The molecule has 0 spiro atoms. The van der Waals surface area contributed by atoms with Gasteiger partial charge in [-0.25, -0.2) is 0 Å². The highest BCUT2D eigenvalue weighted by Crippen LogP contribution is 2.51. The van der Waals surface area contributed by atoms with Crippen molar-refractivity contribution < 1.29 is 4.74 Å². The van der Waals surface area contributed by atoms with Crippen LogP contribution in [-0.4, -0.2) is 9.55 Å². The molecule has 6 aromatic carbocycles. The fourth-order valence-corrected chi connectivity index (χ4v) is 6.99. The van der Waals surface area contributed by atoms with Gasteiger partial charge < -0.3 is 14.3 Å². The summed E-state index contributed by atoms with van der Waals surface area (Å²) in [6.07, 6.45) is 0.